The van der Waals surface area contributed by atoms with Crippen LogP contribution in [0.15, 0.2) is 76.7 Å². The van der Waals surface area contributed by atoms with Crippen LogP contribution in [0.25, 0.3) is 0 Å². The first-order valence-corrected chi connectivity index (χ1v) is 14.2. The molecule has 2 aromatic carbocycles. The van der Waals surface area contributed by atoms with E-state index in [9.17, 15) is 44.5 Å². The number of fused-ring (bicyclic) bond motifs is 4. The fourth-order valence-electron chi connectivity index (χ4n) is 7.51. The van der Waals surface area contributed by atoms with Gasteiger partial charge < -0.3 is 9.52 Å². The summed E-state index contributed by atoms with van der Waals surface area (Å²) in [6.07, 6.45) is 2.13. The molecule has 1 N–H and O–H groups in total. The fraction of sp³-hybridized carbons (Fsp3) is 0.290. The zero-order chi connectivity index (χ0) is 31.7. The van der Waals surface area contributed by atoms with Gasteiger partial charge in [0.15, 0.2) is 0 Å². The van der Waals surface area contributed by atoms with E-state index in [0.717, 1.165) is 9.80 Å². The summed E-state index contributed by atoms with van der Waals surface area (Å²) in [5, 5.41) is 32.0. The number of carbonyl (C=O) groups is 4. The van der Waals surface area contributed by atoms with E-state index >= 15 is 0 Å². The topological polar surface area (TPSA) is 194 Å². The molecule has 228 valence electrons. The summed E-state index contributed by atoms with van der Waals surface area (Å²) in [6, 6.07) is 13.4. The van der Waals surface area contributed by atoms with Gasteiger partial charge >= 0.3 is 0 Å². The maximum atomic E-state index is 14.0. The number of aliphatic hydroxyl groups excluding tert-OH is 1. The predicted octanol–water partition coefficient (Wildman–Crippen LogP) is 3.63. The number of carbonyl (C=O) groups excluding carboxylic acids is 4. The van der Waals surface area contributed by atoms with Crippen molar-refractivity contribution in [1.82, 2.24) is 0 Å². The Morgan fingerprint density at radius 3 is 1.76 bits per heavy atom. The van der Waals surface area contributed by atoms with Crippen molar-refractivity contribution >= 4 is 46.4 Å². The smallest absolute Gasteiger partial charge is 0.269 e. The second kappa shape index (κ2) is 10.3. The number of imide groups is 2. The van der Waals surface area contributed by atoms with Crippen molar-refractivity contribution in [2.24, 2.45) is 29.6 Å². The monoisotopic (exact) mass is 612 g/mol. The van der Waals surface area contributed by atoms with Gasteiger partial charge in [0, 0.05) is 24.3 Å². The Hall–Kier alpha value is -5.50. The quantitative estimate of drug-likeness (QED) is 0.186. The van der Waals surface area contributed by atoms with Crippen molar-refractivity contribution in [3.63, 3.8) is 0 Å². The predicted molar refractivity (Wildman–Crippen MR) is 153 cm³/mol. The van der Waals surface area contributed by atoms with Crippen LogP contribution in [0, 0.1) is 49.8 Å². The number of nitro groups is 2. The van der Waals surface area contributed by atoms with E-state index in [1.165, 1.54) is 48.5 Å². The lowest BCUT2D eigenvalue weighted by Crippen LogP contribution is -2.43. The molecule has 4 aliphatic rings. The number of anilines is 2. The summed E-state index contributed by atoms with van der Waals surface area (Å²) in [6.45, 7) is -0.396. The van der Waals surface area contributed by atoms with Crippen LogP contribution in [-0.2, 0) is 25.8 Å². The number of hydrogen-bond acceptors (Lipinski definition) is 10. The number of furan rings is 1. The molecule has 45 heavy (non-hydrogen) atoms. The van der Waals surface area contributed by atoms with Gasteiger partial charge in [-0.2, -0.15) is 0 Å². The summed E-state index contributed by atoms with van der Waals surface area (Å²) in [5.74, 6) is -6.17. The Bertz CT molecular complexity index is 1830. The average molecular weight is 613 g/mol. The van der Waals surface area contributed by atoms with Crippen LogP contribution in [0.4, 0.5) is 22.7 Å². The molecule has 4 amide bonds. The normalized spacial score (nSPS) is 27.3. The molecule has 1 saturated carbocycles. The van der Waals surface area contributed by atoms with Crippen molar-refractivity contribution in [2.75, 3.05) is 9.80 Å². The van der Waals surface area contributed by atoms with Gasteiger partial charge in [0.1, 0.15) is 18.1 Å². The van der Waals surface area contributed by atoms with Crippen LogP contribution in [0.1, 0.15) is 30.3 Å². The number of aliphatic hydroxyl groups is 1. The number of nitro benzene ring substituents is 2. The zero-order valence-corrected chi connectivity index (χ0v) is 23.3. The summed E-state index contributed by atoms with van der Waals surface area (Å²) in [5.41, 5.74) is 0.666. The van der Waals surface area contributed by atoms with Crippen molar-refractivity contribution in [2.45, 2.75) is 25.4 Å². The summed E-state index contributed by atoms with van der Waals surface area (Å²) < 4.78 is 5.91. The summed E-state index contributed by atoms with van der Waals surface area (Å²) >= 11 is 0. The molecule has 1 aromatic heterocycles. The molecule has 0 spiro atoms. The molecule has 0 radical (unpaired) electrons. The first-order valence-electron chi connectivity index (χ1n) is 14.2. The highest BCUT2D eigenvalue weighted by Gasteiger charge is 2.62. The third-order valence-electron chi connectivity index (χ3n) is 9.43. The number of rotatable bonds is 6. The zero-order valence-electron chi connectivity index (χ0n) is 23.3. The van der Waals surface area contributed by atoms with Gasteiger partial charge in [-0.15, -0.1) is 0 Å². The van der Waals surface area contributed by atoms with Gasteiger partial charge in [-0.1, -0.05) is 11.6 Å². The lowest BCUT2D eigenvalue weighted by atomic mass is 9.58. The van der Waals surface area contributed by atoms with Gasteiger partial charge in [0.05, 0.1) is 50.8 Å². The van der Waals surface area contributed by atoms with Crippen molar-refractivity contribution in [3.05, 3.63) is 104 Å². The largest absolute Gasteiger partial charge is 0.463 e. The molecule has 2 aliphatic carbocycles. The first kappa shape index (κ1) is 28.3. The average Bonchev–Trinajstić information content (AvgIpc) is 3.69. The SMILES string of the molecule is O=C1[C@H]2[C@H](CC=C3[C@H]2C[C@H]2C(=O)N(c4ccc([N+](=O)[O-])cc4)C(=O)[C@H]2[C@H]3c2ccc(CO)o2)C(=O)N1c1ccc([N+](=O)[O-])cc1. The third kappa shape index (κ3) is 4.20. The molecule has 3 aromatic rings. The van der Waals surface area contributed by atoms with Crippen LogP contribution < -0.4 is 9.80 Å². The van der Waals surface area contributed by atoms with Gasteiger partial charge in [0.2, 0.25) is 23.6 Å². The van der Waals surface area contributed by atoms with E-state index < -0.39 is 75.6 Å². The molecule has 2 aliphatic heterocycles. The maximum absolute atomic E-state index is 14.0. The number of benzene rings is 2. The van der Waals surface area contributed by atoms with E-state index in [2.05, 4.69) is 0 Å². The number of amides is 4. The third-order valence-corrected chi connectivity index (χ3v) is 9.43. The number of hydrogen-bond donors (Lipinski definition) is 1. The minimum absolute atomic E-state index is 0.100. The molecule has 6 atom stereocenters. The van der Waals surface area contributed by atoms with E-state index in [1.54, 1.807) is 12.1 Å². The molecule has 3 fully saturated rings. The second-order valence-corrected chi connectivity index (χ2v) is 11.6. The van der Waals surface area contributed by atoms with E-state index in [1.807, 2.05) is 6.08 Å². The van der Waals surface area contributed by atoms with Crippen molar-refractivity contribution < 1.29 is 38.5 Å². The van der Waals surface area contributed by atoms with Crippen molar-refractivity contribution in [3.8, 4) is 0 Å². The molecule has 14 nitrogen and oxygen atoms in total. The van der Waals surface area contributed by atoms with Crippen LogP contribution in [0.3, 0.4) is 0 Å². The van der Waals surface area contributed by atoms with Gasteiger partial charge in [-0.3, -0.25) is 49.2 Å². The Kier molecular flexibility index (Phi) is 6.47. The van der Waals surface area contributed by atoms with Gasteiger partial charge in [-0.25, -0.2) is 0 Å². The standard InChI is InChI=1S/C31H24N4O10/c36-14-19-9-12-24(45-19)26-20-10-11-21-25(30(39)32(28(21)37)15-1-5-17(6-2-15)34(41)42)22(20)13-23-27(26)31(40)33(29(23)38)16-3-7-18(8-4-16)35(43)44/h1-10,12,21-23,25-27,36H,11,13-14H2/t21-,22+,23+,25-,26+,27+/m0/s1. The molecule has 2 saturated heterocycles. The Labute approximate surface area is 253 Å². The molecular formula is C31H24N4O10. The lowest BCUT2D eigenvalue weighted by molar-refractivity contribution is -0.385. The Morgan fingerprint density at radius 1 is 0.711 bits per heavy atom. The van der Waals surface area contributed by atoms with Crippen molar-refractivity contribution in [1.29, 1.82) is 0 Å². The van der Waals surface area contributed by atoms with Gasteiger partial charge in [-0.05, 0) is 55.2 Å². The minimum Gasteiger partial charge on any atom is -0.463 e. The summed E-state index contributed by atoms with van der Waals surface area (Å²) in [4.78, 5) is 78.8. The van der Waals surface area contributed by atoms with Crippen LogP contribution in [0.2, 0.25) is 0 Å². The Balaban J connectivity index is 1.28. The molecule has 7 rings (SSSR count). The molecular weight excluding hydrogens is 588 g/mol. The molecule has 3 heterocycles. The highest BCUT2D eigenvalue weighted by atomic mass is 16.6. The second-order valence-electron chi connectivity index (χ2n) is 11.6. The van der Waals surface area contributed by atoms with Crippen LogP contribution in [0.5, 0.6) is 0 Å². The number of nitrogens with zero attached hydrogens (tertiary/aromatic N) is 4. The number of non-ortho nitro benzene ring substituents is 2. The fourth-order valence-corrected chi connectivity index (χ4v) is 7.51. The van der Waals surface area contributed by atoms with E-state index in [-0.39, 0.29) is 41.4 Å². The summed E-state index contributed by atoms with van der Waals surface area (Å²) in [7, 11) is 0. The first-order chi connectivity index (χ1) is 21.6. The minimum atomic E-state index is -0.914. The van der Waals surface area contributed by atoms with Crippen LogP contribution in [-0.4, -0.2) is 38.6 Å². The van der Waals surface area contributed by atoms with E-state index in [4.69, 9.17) is 4.42 Å². The van der Waals surface area contributed by atoms with E-state index in [0.29, 0.717) is 11.3 Å². The highest BCUT2D eigenvalue weighted by molar-refractivity contribution is 6.24. The van der Waals surface area contributed by atoms with Gasteiger partial charge in [0.25, 0.3) is 11.4 Å². The Morgan fingerprint density at radius 2 is 1.24 bits per heavy atom. The number of allylic oxidation sites excluding steroid dienone is 2. The molecule has 0 unspecified atom stereocenters. The molecule has 14 heteroatoms. The maximum Gasteiger partial charge on any atom is 0.269 e. The lowest BCUT2D eigenvalue weighted by Gasteiger charge is -2.43. The molecule has 0 bridgehead atoms. The highest BCUT2D eigenvalue weighted by Crippen LogP contribution is 2.58. The van der Waals surface area contributed by atoms with Crippen LogP contribution >= 0.6 is 0 Å².